The summed E-state index contributed by atoms with van der Waals surface area (Å²) in [5.74, 6) is -1.32. The second kappa shape index (κ2) is 5.15. The number of carbonyl (C=O) groups excluding carboxylic acids is 1. The van der Waals surface area contributed by atoms with E-state index in [9.17, 15) is 14.7 Å². The summed E-state index contributed by atoms with van der Waals surface area (Å²) in [5, 5.41) is 12.6. The Morgan fingerprint density at radius 1 is 1.45 bits per heavy atom. The number of carboxylic acids is 1. The van der Waals surface area contributed by atoms with E-state index in [0.717, 1.165) is 18.4 Å². The number of hydrogen-bond donors (Lipinski definition) is 3. The lowest BCUT2D eigenvalue weighted by molar-refractivity contribution is -0.147. The predicted molar refractivity (Wildman–Crippen MR) is 76.7 cm³/mol. The molecule has 108 valence electrons. The molecule has 0 bridgehead atoms. The van der Waals surface area contributed by atoms with Gasteiger partial charge in [0.2, 0.25) is 0 Å². The van der Waals surface area contributed by atoms with Crippen LogP contribution < -0.4 is 11.1 Å². The highest BCUT2D eigenvalue weighted by Crippen LogP contribution is 2.40. The maximum Gasteiger partial charge on any atom is 0.311 e. The zero-order valence-electron chi connectivity index (χ0n) is 11.8. The van der Waals surface area contributed by atoms with E-state index in [1.54, 1.807) is 13.0 Å². The smallest absolute Gasteiger partial charge is 0.311 e. The Balaban J connectivity index is 2.32. The van der Waals surface area contributed by atoms with Crippen molar-refractivity contribution >= 4 is 17.6 Å². The molecule has 1 aliphatic carbocycles. The summed E-state index contributed by atoms with van der Waals surface area (Å²) in [6, 6.07) is 5.13. The van der Waals surface area contributed by atoms with Crippen LogP contribution in [0.1, 0.15) is 42.1 Å². The number of nitrogens with one attached hydrogen (secondary N) is 1. The molecule has 1 aliphatic rings. The van der Waals surface area contributed by atoms with Crippen LogP contribution in [0, 0.1) is 12.3 Å². The number of carbonyl (C=O) groups is 2. The van der Waals surface area contributed by atoms with Crippen LogP contribution in [0.2, 0.25) is 0 Å². The number of aliphatic carboxylic acids is 1. The van der Waals surface area contributed by atoms with Gasteiger partial charge in [0.1, 0.15) is 0 Å². The molecule has 1 aromatic carbocycles. The summed E-state index contributed by atoms with van der Waals surface area (Å²) in [5.41, 5.74) is 6.58. The van der Waals surface area contributed by atoms with E-state index in [4.69, 9.17) is 5.73 Å². The molecular formula is C15H20N2O3. The van der Waals surface area contributed by atoms with Crippen molar-refractivity contribution in [2.45, 2.75) is 39.2 Å². The van der Waals surface area contributed by atoms with Crippen LogP contribution in [0.3, 0.4) is 0 Å². The van der Waals surface area contributed by atoms with Crippen molar-refractivity contribution in [2.24, 2.45) is 11.1 Å². The molecule has 0 radical (unpaired) electrons. The minimum Gasteiger partial charge on any atom is -0.481 e. The maximum atomic E-state index is 11.5. The molecule has 5 heteroatoms. The number of nitrogens with two attached hydrogens (primary N) is 1. The van der Waals surface area contributed by atoms with Gasteiger partial charge in [-0.3, -0.25) is 9.59 Å². The third kappa shape index (κ3) is 2.48. The van der Waals surface area contributed by atoms with Crippen LogP contribution >= 0.6 is 0 Å². The highest BCUT2D eigenvalue weighted by atomic mass is 16.4. The molecule has 1 saturated carbocycles. The molecule has 4 N–H and O–H groups in total. The second-order valence-electron chi connectivity index (χ2n) is 5.73. The topological polar surface area (TPSA) is 92.4 Å². The average molecular weight is 276 g/mol. The number of carboxylic acid groups (broad SMARTS) is 1. The fraction of sp³-hybridized carbons (Fsp3) is 0.467. The van der Waals surface area contributed by atoms with Gasteiger partial charge >= 0.3 is 5.97 Å². The number of benzene rings is 1. The van der Waals surface area contributed by atoms with Gasteiger partial charge < -0.3 is 16.2 Å². The van der Waals surface area contributed by atoms with Gasteiger partial charge in [0.25, 0.3) is 5.91 Å². The maximum absolute atomic E-state index is 11.5. The fourth-order valence-corrected chi connectivity index (χ4v) is 2.83. The van der Waals surface area contributed by atoms with Crippen LogP contribution in [0.15, 0.2) is 18.2 Å². The van der Waals surface area contributed by atoms with Crippen LogP contribution in [-0.4, -0.2) is 23.0 Å². The minimum atomic E-state index is -0.807. The van der Waals surface area contributed by atoms with Gasteiger partial charge in [0.05, 0.1) is 11.0 Å². The fourth-order valence-electron chi connectivity index (χ4n) is 2.83. The number of anilines is 1. The first-order valence-electron chi connectivity index (χ1n) is 6.75. The molecule has 1 fully saturated rings. The lowest BCUT2D eigenvalue weighted by Crippen LogP contribution is -2.40. The molecule has 20 heavy (non-hydrogen) atoms. The number of amides is 1. The highest BCUT2D eigenvalue weighted by Gasteiger charge is 2.45. The van der Waals surface area contributed by atoms with E-state index in [-0.39, 0.29) is 6.04 Å². The highest BCUT2D eigenvalue weighted by molar-refractivity contribution is 5.98. The average Bonchev–Trinajstić information content (AvgIpc) is 2.72. The lowest BCUT2D eigenvalue weighted by Gasteiger charge is -2.29. The van der Waals surface area contributed by atoms with Gasteiger partial charge in [-0.05, 0) is 44.4 Å². The van der Waals surface area contributed by atoms with Gasteiger partial charge in [-0.2, -0.15) is 0 Å². The normalized spacial score (nSPS) is 25.4. The van der Waals surface area contributed by atoms with Crippen LogP contribution in [0.4, 0.5) is 5.69 Å². The third-order valence-corrected chi connectivity index (χ3v) is 4.22. The Morgan fingerprint density at radius 2 is 2.15 bits per heavy atom. The summed E-state index contributed by atoms with van der Waals surface area (Å²) >= 11 is 0. The van der Waals surface area contributed by atoms with Gasteiger partial charge in [-0.1, -0.05) is 12.5 Å². The molecular weight excluding hydrogens is 256 g/mol. The second-order valence-corrected chi connectivity index (χ2v) is 5.73. The molecule has 2 unspecified atom stereocenters. The van der Waals surface area contributed by atoms with Gasteiger partial charge in [-0.15, -0.1) is 0 Å². The Bertz CT molecular complexity index is 556. The zero-order valence-corrected chi connectivity index (χ0v) is 11.8. The molecule has 5 nitrogen and oxygen atoms in total. The first-order chi connectivity index (χ1) is 9.34. The lowest BCUT2D eigenvalue weighted by atomic mass is 9.84. The van der Waals surface area contributed by atoms with Gasteiger partial charge in [0, 0.05) is 11.7 Å². The largest absolute Gasteiger partial charge is 0.481 e. The van der Waals surface area contributed by atoms with Crippen molar-refractivity contribution in [3.63, 3.8) is 0 Å². The number of hydrogen-bond acceptors (Lipinski definition) is 3. The number of aryl methyl sites for hydroxylation is 1. The van der Waals surface area contributed by atoms with E-state index >= 15 is 0 Å². The van der Waals surface area contributed by atoms with E-state index in [1.807, 2.05) is 19.1 Å². The SMILES string of the molecule is Cc1ccc(C(N)=O)c(NC2CCCC2(C)C(=O)O)c1. The van der Waals surface area contributed by atoms with Crippen molar-refractivity contribution in [1.29, 1.82) is 0 Å². The first kappa shape index (κ1) is 14.4. The van der Waals surface area contributed by atoms with Gasteiger partial charge in [-0.25, -0.2) is 0 Å². The summed E-state index contributed by atoms with van der Waals surface area (Å²) in [6.07, 6.45) is 2.27. The van der Waals surface area contributed by atoms with E-state index < -0.39 is 17.3 Å². The van der Waals surface area contributed by atoms with Crippen LogP contribution in [-0.2, 0) is 4.79 Å². The molecule has 2 atom stereocenters. The molecule has 1 amide bonds. The predicted octanol–water partition coefficient (Wildman–Crippen LogP) is 2.15. The van der Waals surface area contributed by atoms with Crippen LogP contribution in [0.5, 0.6) is 0 Å². The molecule has 0 aliphatic heterocycles. The quantitative estimate of drug-likeness (QED) is 0.785. The van der Waals surface area contributed by atoms with E-state index in [0.29, 0.717) is 17.7 Å². The number of rotatable bonds is 4. The van der Waals surface area contributed by atoms with E-state index in [2.05, 4.69) is 5.32 Å². The van der Waals surface area contributed by atoms with Crippen molar-refractivity contribution in [3.05, 3.63) is 29.3 Å². The van der Waals surface area contributed by atoms with Gasteiger partial charge in [0.15, 0.2) is 0 Å². The van der Waals surface area contributed by atoms with Crippen molar-refractivity contribution in [2.75, 3.05) is 5.32 Å². The Morgan fingerprint density at radius 3 is 2.75 bits per heavy atom. The molecule has 1 aromatic rings. The summed E-state index contributed by atoms with van der Waals surface area (Å²) in [4.78, 5) is 22.9. The van der Waals surface area contributed by atoms with Crippen LogP contribution in [0.25, 0.3) is 0 Å². The van der Waals surface area contributed by atoms with Crippen molar-refractivity contribution in [3.8, 4) is 0 Å². The monoisotopic (exact) mass is 276 g/mol. The summed E-state index contributed by atoms with van der Waals surface area (Å²) in [7, 11) is 0. The minimum absolute atomic E-state index is 0.195. The van der Waals surface area contributed by atoms with E-state index in [1.165, 1.54) is 0 Å². The Hall–Kier alpha value is -2.04. The molecule has 0 spiro atoms. The Kier molecular flexibility index (Phi) is 3.70. The Labute approximate surface area is 118 Å². The molecule has 0 saturated heterocycles. The first-order valence-corrected chi connectivity index (χ1v) is 6.75. The van der Waals surface area contributed by atoms with Crippen molar-refractivity contribution < 1.29 is 14.7 Å². The summed E-state index contributed by atoms with van der Waals surface area (Å²) in [6.45, 7) is 3.67. The third-order valence-electron chi connectivity index (χ3n) is 4.22. The molecule has 0 heterocycles. The zero-order chi connectivity index (χ0) is 14.9. The van der Waals surface area contributed by atoms with Crippen molar-refractivity contribution in [1.82, 2.24) is 0 Å². The number of primary amides is 1. The summed E-state index contributed by atoms with van der Waals surface area (Å²) < 4.78 is 0. The molecule has 2 rings (SSSR count). The standard InChI is InChI=1S/C15H20N2O3/c1-9-5-6-10(13(16)18)11(8-9)17-12-4-3-7-15(12,2)14(19)20/h5-6,8,12,17H,3-4,7H2,1-2H3,(H2,16,18)(H,19,20). The molecule has 0 aromatic heterocycles.